The molecule has 2 rings (SSSR count). The van der Waals surface area contributed by atoms with Crippen molar-refractivity contribution in [2.24, 2.45) is 0 Å². The minimum absolute atomic E-state index is 0.162. The summed E-state index contributed by atoms with van der Waals surface area (Å²) < 4.78 is 11.3. The Labute approximate surface area is 175 Å². The van der Waals surface area contributed by atoms with Gasteiger partial charge in [0.2, 0.25) is 0 Å². The van der Waals surface area contributed by atoms with Gasteiger partial charge in [-0.1, -0.05) is 53.5 Å². The van der Waals surface area contributed by atoms with E-state index >= 15 is 0 Å². The number of rotatable bonds is 7. The SMILES string of the molecule is C=CCOC(=O)/C=C/c1cc(Cl)c(OCc2ccc(Cl)c(Cl)c2)c(Br)c1. The first-order valence-electron chi connectivity index (χ1n) is 7.42. The molecule has 0 amide bonds. The van der Waals surface area contributed by atoms with Gasteiger partial charge in [0.15, 0.2) is 5.75 Å². The van der Waals surface area contributed by atoms with Gasteiger partial charge in [-0.15, -0.1) is 0 Å². The molecule has 0 bridgehead atoms. The van der Waals surface area contributed by atoms with Crippen LogP contribution in [-0.2, 0) is 16.1 Å². The van der Waals surface area contributed by atoms with Crippen LogP contribution in [0.25, 0.3) is 6.08 Å². The van der Waals surface area contributed by atoms with Crippen LogP contribution in [0.4, 0.5) is 0 Å². The molecule has 136 valence electrons. The fourth-order valence-corrected chi connectivity index (χ4v) is 3.26. The molecule has 0 aliphatic heterocycles. The molecule has 0 atom stereocenters. The summed E-state index contributed by atoms with van der Waals surface area (Å²) in [5, 5.41) is 1.35. The van der Waals surface area contributed by atoms with Gasteiger partial charge in [-0.25, -0.2) is 4.79 Å². The zero-order valence-electron chi connectivity index (χ0n) is 13.5. The van der Waals surface area contributed by atoms with Gasteiger partial charge >= 0.3 is 5.97 Å². The highest BCUT2D eigenvalue weighted by Gasteiger charge is 2.10. The van der Waals surface area contributed by atoms with Crippen LogP contribution >= 0.6 is 50.7 Å². The van der Waals surface area contributed by atoms with Crippen molar-refractivity contribution in [2.75, 3.05) is 6.61 Å². The summed E-state index contributed by atoms with van der Waals surface area (Å²) in [6, 6.07) is 8.74. The van der Waals surface area contributed by atoms with Gasteiger partial charge < -0.3 is 9.47 Å². The van der Waals surface area contributed by atoms with Crippen molar-refractivity contribution in [1.82, 2.24) is 0 Å². The zero-order chi connectivity index (χ0) is 19.1. The van der Waals surface area contributed by atoms with Gasteiger partial charge in [0.25, 0.3) is 0 Å². The van der Waals surface area contributed by atoms with Crippen molar-refractivity contribution >= 4 is 62.8 Å². The van der Waals surface area contributed by atoms with Gasteiger partial charge in [0.1, 0.15) is 13.2 Å². The minimum Gasteiger partial charge on any atom is -0.486 e. The number of benzene rings is 2. The van der Waals surface area contributed by atoms with E-state index in [0.717, 1.165) is 11.1 Å². The number of ether oxygens (including phenoxy) is 2. The Morgan fingerprint density at radius 3 is 2.54 bits per heavy atom. The lowest BCUT2D eigenvalue weighted by atomic mass is 10.2. The maximum Gasteiger partial charge on any atom is 0.331 e. The monoisotopic (exact) mass is 474 g/mol. The Balaban J connectivity index is 2.08. The standard InChI is InChI=1S/C19H14BrCl3O3/c1-2-7-25-18(24)6-4-12-8-14(20)19(17(23)9-12)26-11-13-3-5-15(21)16(22)10-13/h2-6,8-10H,1,7,11H2/b6-4+. The van der Waals surface area contributed by atoms with E-state index in [4.69, 9.17) is 44.3 Å². The molecule has 0 heterocycles. The number of halogens is 4. The second kappa shape index (κ2) is 10.0. The Morgan fingerprint density at radius 1 is 1.12 bits per heavy atom. The minimum atomic E-state index is -0.461. The summed E-state index contributed by atoms with van der Waals surface area (Å²) in [5.41, 5.74) is 1.58. The highest BCUT2D eigenvalue weighted by Crippen LogP contribution is 2.35. The van der Waals surface area contributed by atoms with Crippen molar-refractivity contribution in [3.8, 4) is 5.75 Å². The third-order valence-corrected chi connectivity index (χ3v) is 4.75. The Hall–Kier alpha value is -1.46. The van der Waals surface area contributed by atoms with E-state index in [1.807, 2.05) is 6.07 Å². The second-order valence-electron chi connectivity index (χ2n) is 5.10. The van der Waals surface area contributed by atoms with Crippen LogP contribution in [0.2, 0.25) is 15.1 Å². The van der Waals surface area contributed by atoms with Crippen LogP contribution < -0.4 is 4.74 Å². The fourth-order valence-electron chi connectivity index (χ4n) is 1.95. The molecule has 0 saturated carbocycles. The van der Waals surface area contributed by atoms with Gasteiger partial charge in [-0.05, 0) is 57.4 Å². The Kier molecular flexibility index (Phi) is 8.04. The van der Waals surface area contributed by atoms with Crippen LogP contribution in [-0.4, -0.2) is 12.6 Å². The van der Waals surface area contributed by atoms with Gasteiger partial charge in [-0.2, -0.15) is 0 Å². The lowest BCUT2D eigenvalue weighted by molar-refractivity contribution is -0.136. The van der Waals surface area contributed by atoms with Crippen LogP contribution in [0.1, 0.15) is 11.1 Å². The first-order valence-corrected chi connectivity index (χ1v) is 9.35. The van der Waals surface area contributed by atoms with Crippen molar-refractivity contribution in [3.63, 3.8) is 0 Å². The molecule has 0 aromatic heterocycles. The molecular weight excluding hydrogens is 462 g/mol. The predicted molar refractivity (Wildman–Crippen MR) is 110 cm³/mol. The molecule has 0 aliphatic carbocycles. The summed E-state index contributed by atoms with van der Waals surface area (Å²) in [5.74, 6) is 0.0289. The molecule has 3 nitrogen and oxygen atoms in total. The maximum atomic E-state index is 11.5. The van der Waals surface area contributed by atoms with Crippen molar-refractivity contribution < 1.29 is 14.3 Å². The molecule has 0 radical (unpaired) electrons. The maximum absolute atomic E-state index is 11.5. The quantitative estimate of drug-likeness (QED) is 0.252. The van der Waals surface area contributed by atoms with Crippen molar-refractivity contribution in [2.45, 2.75) is 6.61 Å². The largest absolute Gasteiger partial charge is 0.486 e. The van der Waals surface area contributed by atoms with Crippen molar-refractivity contribution in [1.29, 1.82) is 0 Å². The normalized spacial score (nSPS) is 10.8. The van der Waals surface area contributed by atoms with Crippen molar-refractivity contribution in [3.05, 3.63) is 79.7 Å². The molecule has 0 fully saturated rings. The summed E-state index contributed by atoms with van der Waals surface area (Å²) in [7, 11) is 0. The lowest BCUT2D eigenvalue weighted by Crippen LogP contribution is -1.99. The predicted octanol–water partition coefficient (Wildman–Crippen LogP) is 6.73. The fraction of sp³-hybridized carbons (Fsp3) is 0.105. The van der Waals surface area contributed by atoms with Crippen LogP contribution in [0, 0.1) is 0 Å². The molecule has 0 N–H and O–H groups in total. The highest BCUT2D eigenvalue weighted by atomic mass is 79.9. The number of hydrogen-bond acceptors (Lipinski definition) is 3. The van der Waals surface area contributed by atoms with E-state index in [0.29, 0.717) is 25.3 Å². The average Bonchev–Trinajstić information content (AvgIpc) is 2.60. The summed E-state index contributed by atoms with van der Waals surface area (Å²) in [6.45, 7) is 3.92. The van der Waals surface area contributed by atoms with E-state index in [2.05, 4.69) is 22.5 Å². The molecule has 0 unspecified atom stereocenters. The molecular formula is C19H14BrCl3O3. The third kappa shape index (κ3) is 6.06. The average molecular weight is 477 g/mol. The first-order chi connectivity index (χ1) is 12.4. The summed E-state index contributed by atoms with van der Waals surface area (Å²) in [4.78, 5) is 11.5. The van der Waals surface area contributed by atoms with Gasteiger partial charge in [0.05, 0.1) is 19.5 Å². The van der Waals surface area contributed by atoms with Crippen LogP contribution in [0.15, 0.2) is 53.5 Å². The molecule has 0 spiro atoms. The van der Waals surface area contributed by atoms with Crippen LogP contribution in [0.5, 0.6) is 5.75 Å². The van der Waals surface area contributed by atoms with E-state index in [9.17, 15) is 4.79 Å². The van der Waals surface area contributed by atoms with Gasteiger partial charge in [-0.3, -0.25) is 0 Å². The first kappa shape index (κ1) is 20.8. The molecule has 26 heavy (non-hydrogen) atoms. The third-order valence-electron chi connectivity index (χ3n) is 3.14. The molecule has 7 heteroatoms. The van der Waals surface area contributed by atoms with E-state index in [1.54, 1.807) is 30.3 Å². The smallest absolute Gasteiger partial charge is 0.331 e. The van der Waals surface area contributed by atoms with E-state index < -0.39 is 5.97 Å². The second-order valence-corrected chi connectivity index (χ2v) is 7.18. The lowest BCUT2D eigenvalue weighted by Gasteiger charge is -2.11. The van der Waals surface area contributed by atoms with E-state index in [-0.39, 0.29) is 13.2 Å². The Morgan fingerprint density at radius 2 is 1.88 bits per heavy atom. The molecule has 2 aromatic rings. The number of carbonyl (C=O) groups is 1. The number of hydrogen-bond donors (Lipinski definition) is 0. The molecule has 2 aromatic carbocycles. The topological polar surface area (TPSA) is 35.5 Å². The number of carbonyl (C=O) groups excluding carboxylic acids is 1. The van der Waals surface area contributed by atoms with Gasteiger partial charge in [0, 0.05) is 6.08 Å². The molecule has 0 aliphatic rings. The zero-order valence-corrected chi connectivity index (χ0v) is 17.3. The molecule has 0 saturated heterocycles. The highest BCUT2D eigenvalue weighted by molar-refractivity contribution is 9.10. The Bertz CT molecular complexity index is 827. The summed E-state index contributed by atoms with van der Waals surface area (Å²) in [6.07, 6.45) is 4.42. The van der Waals surface area contributed by atoms with E-state index in [1.165, 1.54) is 12.2 Å². The number of esters is 1. The van der Waals surface area contributed by atoms with Crippen LogP contribution in [0.3, 0.4) is 0 Å². The summed E-state index contributed by atoms with van der Waals surface area (Å²) >= 11 is 21.6.